The lowest BCUT2D eigenvalue weighted by atomic mass is 9.78. The van der Waals surface area contributed by atoms with E-state index >= 15 is 0 Å². The van der Waals surface area contributed by atoms with E-state index in [0.717, 1.165) is 18.4 Å². The summed E-state index contributed by atoms with van der Waals surface area (Å²) in [6.07, 6.45) is -1.08. The van der Waals surface area contributed by atoms with Crippen LogP contribution in [0.3, 0.4) is 0 Å². The van der Waals surface area contributed by atoms with Gasteiger partial charge in [-0.2, -0.15) is 0 Å². The Morgan fingerprint density at radius 3 is 2.32 bits per heavy atom. The van der Waals surface area contributed by atoms with Gasteiger partial charge in [0.15, 0.2) is 0 Å². The van der Waals surface area contributed by atoms with E-state index in [9.17, 15) is 18.7 Å². The smallest absolute Gasteiger partial charge is 0.410 e. The molecule has 4 rings (SSSR count). The molecule has 2 unspecified atom stereocenters. The van der Waals surface area contributed by atoms with Crippen molar-refractivity contribution in [2.45, 2.75) is 56.4 Å². The Balaban J connectivity index is 1.49. The number of aliphatic hydroxyl groups is 1. The molecule has 0 aliphatic carbocycles. The van der Waals surface area contributed by atoms with E-state index in [1.165, 1.54) is 6.07 Å². The lowest BCUT2D eigenvalue weighted by molar-refractivity contribution is -0.0557. The fourth-order valence-corrected chi connectivity index (χ4v) is 4.65. The fourth-order valence-electron chi connectivity index (χ4n) is 4.65. The number of rotatable bonds is 4. The third kappa shape index (κ3) is 3.49. The number of hydrogen-bond donors (Lipinski definition) is 1. The summed E-state index contributed by atoms with van der Waals surface area (Å²) in [5, 5.41) is 11.2. The van der Waals surface area contributed by atoms with E-state index < -0.39 is 18.1 Å². The molecule has 2 atom stereocenters. The predicted octanol–water partition coefficient (Wildman–Crippen LogP) is 4.78. The molecule has 2 bridgehead atoms. The molecule has 2 aliphatic heterocycles. The first kappa shape index (κ1) is 18.9. The normalized spacial score (nSPS) is 26.5. The number of benzene rings is 2. The van der Waals surface area contributed by atoms with Crippen LogP contribution in [0.15, 0.2) is 54.6 Å². The molecular weight excluding hydrogens is 364 g/mol. The van der Waals surface area contributed by atoms with Crippen LogP contribution in [0.1, 0.15) is 48.8 Å². The minimum atomic E-state index is -2.65. The third-order valence-corrected chi connectivity index (χ3v) is 5.88. The highest BCUT2D eigenvalue weighted by Crippen LogP contribution is 2.47. The maximum absolute atomic E-state index is 13.4. The fraction of sp³-hybridized carbons (Fsp3) is 0.409. The number of fused-ring (bicyclic) bond motifs is 2. The summed E-state index contributed by atoms with van der Waals surface area (Å²) in [7, 11) is 0. The highest BCUT2D eigenvalue weighted by Gasteiger charge is 2.51. The van der Waals surface area contributed by atoms with Crippen molar-refractivity contribution in [3.8, 4) is 0 Å². The van der Waals surface area contributed by atoms with Crippen LogP contribution in [0.5, 0.6) is 0 Å². The van der Waals surface area contributed by atoms with E-state index in [2.05, 4.69) is 0 Å². The van der Waals surface area contributed by atoms with Crippen molar-refractivity contribution < 1.29 is 23.4 Å². The largest absolute Gasteiger partial charge is 0.445 e. The second-order valence-corrected chi connectivity index (χ2v) is 7.66. The molecule has 0 aromatic heterocycles. The van der Waals surface area contributed by atoms with Gasteiger partial charge in [0, 0.05) is 30.5 Å². The molecule has 148 valence electrons. The van der Waals surface area contributed by atoms with Crippen molar-refractivity contribution in [3.63, 3.8) is 0 Å². The zero-order chi connectivity index (χ0) is 19.7. The molecular formula is C22H23F2NO3. The summed E-state index contributed by atoms with van der Waals surface area (Å²) in [5.74, 6) is 0. The first-order valence-corrected chi connectivity index (χ1v) is 9.57. The predicted molar refractivity (Wildman–Crippen MR) is 99.8 cm³/mol. The van der Waals surface area contributed by atoms with Crippen LogP contribution >= 0.6 is 0 Å². The summed E-state index contributed by atoms with van der Waals surface area (Å²) in [6, 6.07) is 15.2. The molecule has 2 aromatic carbocycles. The Labute approximate surface area is 162 Å². The number of amides is 1. The molecule has 2 heterocycles. The van der Waals surface area contributed by atoms with Crippen molar-refractivity contribution in [1.29, 1.82) is 0 Å². The number of halogens is 2. The number of alkyl halides is 2. The van der Waals surface area contributed by atoms with Gasteiger partial charge in [-0.3, -0.25) is 0 Å². The molecule has 4 nitrogen and oxygen atoms in total. The van der Waals surface area contributed by atoms with Crippen LogP contribution in [0.2, 0.25) is 0 Å². The van der Waals surface area contributed by atoms with E-state index in [1.807, 2.05) is 30.3 Å². The number of ether oxygens (including phenoxy) is 1. The van der Waals surface area contributed by atoms with Crippen molar-refractivity contribution >= 4 is 6.09 Å². The van der Waals surface area contributed by atoms with Crippen LogP contribution in [0.4, 0.5) is 13.6 Å². The van der Waals surface area contributed by atoms with E-state index in [1.54, 1.807) is 23.1 Å². The van der Waals surface area contributed by atoms with Gasteiger partial charge in [-0.15, -0.1) is 0 Å². The standard InChI is InChI=1S/C22H23F2NO3/c23-20(24)18-8-4-5-9-19(18)22(27)12-16-10-11-17(13-22)25(16)21(26)28-14-15-6-2-1-3-7-15/h1-9,16-17,20,27H,10-14H2. The molecule has 2 aromatic rings. The monoisotopic (exact) mass is 387 g/mol. The van der Waals surface area contributed by atoms with Crippen molar-refractivity contribution in [1.82, 2.24) is 4.90 Å². The zero-order valence-corrected chi connectivity index (χ0v) is 15.4. The van der Waals surface area contributed by atoms with Gasteiger partial charge in [0.1, 0.15) is 6.61 Å². The Hall–Kier alpha value is -2.47. The average molecular weight is 387 g/mol. The van der Waals surface area contributed by atoms with Gasteiger partial charge in [0.2, 0.25) is 0 Å². The molecule has 0 spiro atoms. The Morgan fingerprint density at radius 2 is 1.68 bits per heavy atom. The number of piperidine rings is 1. The Bertz CT molecular complexity index is 829. The molecule has 1 amide bonds. The second kappa shape index (κ2) is 7.51. The van der Waals surface area contributed by atoms with Crippen molar-refractivity contribution in [2.24, 2.45) is 0 Å². The maximum Gasteiger partial charge on any atom is 0.410 e. The molecule has 2 fully saturated rings. The highest BCUT2D eigenvalue weighted by molar-refractivity contribution is 5.69. The minimum Gasteiger partial charge on any atom is -0.445 e. The number of carbonyl (C=O) groups is 1. The summed E-state index contributed by atoms with van der Waals surface area (Å²) in [6.45, 7) is 0.189. The van der Waals surface area contributed by atoms with Crippen LogP contribution in [0.25, 0.3) is 0 Å². The molecule has 1 N–H and O–H groups in total. The van der Waals surface area contributed by atoms with Crippen LogP contribution < -0.4 is 0 Å². The van der Waals surface area contributed by atoms with Crippen molar-refractivity contribution in [3.05, 3.63) is 71.3 Å². The summed E-state index contributed by atoms with van der Waals surface area (Å²) in [4.78, 5) is 14.4. The molecule has 28 heavy (non-hydrogen) atoms. The molecule has 2 aliphatic rings. The molecule has 6 heteroatoms. The number of carbonyl (C=O) groups excluding carboxylic acids is 1. The van der Waals surface area contributed by atoms with Crippen LogP contribution in [-0.4, -0.2) is 28.2 Å². The van der Waals surface area contributed by atoms with Gasteiger partial charge in [-0.1, -0.05) is 54.6 Å². The quantitative estimate of drug-likeness (QED) is 0.822. The lowest BCUT2D eigenvalue weighted by Crippen LogP contribution is -2.52. The van der Waals surface area contributed by atoms with Gasteiger partial charge >= 0.3 is 6.09 Å². The first-order chi connectivity index (χ1) is 13.5. The summed E-state index contributed by atoms with van der Waals surface area (Å²) >= 11 is 0. The van der Waals surface area contributed by atoms with Crippen LogP contribution in [-0.2, 0) is 16.9 Å². The van der Waals surface area contributed by atoms with Crippen molar-refractivity contribution in [2.75, 3.05) is 0 Å². The van der Waals surface area contributed by atoms with Gasteiger partial charge in [0.25, 0.3) is 6.43 Å². The maximum atomic E-state index is 13.4. The summed E-state index contributed by atoms with van der Waals surface area (Å²) in [5.41, 5.74) is -0.305. The Kier molecular flexibility index (Phi) is 5.06. The van der Waals surface area contributed by atoms with Gasteiger partial charge in [0.05, 0.1) is 5.60 Å². The SMILES string of the molecule is O=C(OCc1ccccc1)N1C2CCC1CC(O)(c1ccccc1C(F)F)C2. The van der Waals surface area contributed by atoms with Gasteiger partial charge < -0.3 is 14.7 Å². The molecule has 0 radical (unpaired) electrons. The highest BCUT2D eigenvalue weighted by atomic mass is 19.3. The number of hydrogen-bond acceptors (Lipinski definition) is 3. The molecule has 2 saturated heterocycles. The lowest BCUT2D eigenvalue weighted by Gasteiger charge is -2.44. The van der Waals surface area contributed by atoms with E-state index in [0.29, 0.717) is 0 Å². The van der Waals surface area contributed by atoms with Gasteiger partial charge in [-0.05, 0) is 24.0 Å². The average Bonchev–Trinajstić information content (AvgIpc) is 2.99. The first-order valence-electron chi connectivity index (χ1n) is 9.57. The van der Waals surface area contributed by atoms with E-state index in [-0.39, 0.29) is 42.7 Å². The second-order valence-electron chi connectivity index (χ2n) is 7.66. The van der Waals surface area contributed by atoms with Crippen LogP contribution in [0, 0.1) is 0 Å². The summed E-state index contributed by atoms with van der Waals surface area (Å²) < 4.78 is 32.3. The minimum absolute atomic E-state index is 0.135. The Morgan fingerprint density at radius 1 is 1.07 bits per heavy atom. The third-order valence-electron chi connectivity index (χ3n) is 5.88. The number of nitrogens with zero attached hydrogens (tertiary/aromatic N) is 1. The van der Waals surface area contributed by atoms with Gasteiger partial charge in [-0.25, -0.2) is 13.6 Å². The zero-order valence-electron chi connectivity index (χ0n) is 15.4. The molecule has 0 saturated carbocycles. The topological polar surface area (TPSA) is 49.8 Å². The van der Waals surface area contributed by atoms with E-state index in [4.69, 9.17) is 4.74 Å².